The van der Waals surface area contributed by atoms with E-state index in [0.29, 0.717) is 22.2 Å². The molecule has 1 saturated heterocycles. The minimum Gasteiger partial charge on any atom is -0.353 e. The third kappa shape index (κ3) is 5.17. The van der Waals surface area contributed by atoms with Gasteiger partial charge in [0.2, 0.25) is 16.0 Å². The Hall–Kier alpha value is -2.91. The molecule has 30 heavy (non-hydrogen) atoms. The maximum Gasteiger partial charge on any atom is 0.237 e. The summed E-state index contributed by atoms with van der Waals surface area (Å²) in [6, 6.07) is 12.6. The van der Waals surface area contributed by atoms with Gasteiger partial charge in [0.25, 0.3) is 0 Å². The molecule has 1 aliphatic heterocycles. The SMILES string of the molecule is O=S(=O)(Cc1cccc(Cl)c1)Nc1cnc(N2CCN(c3ccccn3)CC2)nc1. The second-order valence-corrected chi connectivity index (χ2v) is 9.08. The van der Waals surface area contributed by atoms with Crippen LogP contribution >= 0.6 is 11.6 Å². The van der Waals surface area contributed by atoms with Crippen LogP contribution in [0.3, 0.4) is 0 Å². The smallest absolute Gasteiger partial charge is 0.237 e. The number of hydrogen-bond donors (Lipinski definition) is 1. The van der Waals surface area contributed by atoms with Crippen molar-refractivity contribution in [2.45, 2.75) is 5.75 Å². The minimum atomic E-state index is -3.60. The van der Waals surface area contributed by atoms with E-state index in [1.54, 1.807) is 30.5 Å². The van der Waals surface area contributed by atoms with Crippen molar-refractivity contribution in [2.75, 3.05) is 40.7 Å². The van der Waals surface area contributed by atoms with E-state index in [0.717, 1.165) is 32.0 Å². The Labute approximate surface area is 180 Å². The van der Waals surface area contributed by atoms with E-state index >= 15 is 0 Å². The Kier molecular flexibility index (Phi) is 6.01. The number of piperazine rings is 1. The van der Waals surface area contributed by atoms with Crippen LogP contribution in [0, 0.1) is 0 Å². The summed E-state index contributed by atoms with van der Waals surface area (Å²) >= 11 is 5.92. The molecule has 0 amide bonds. The molecule has 1 aromatic carbocycles. The molecule has 0 saturated carbocycles. The number of pyridine rings is 1. The summed E-state index contributed by atoms with van der Waals surface area (Å²) in [5.74, 6) is 1.36. The highest BCUT2D eigenvalue weighted by molar-refractivity contribution is 7.91. The predicted molar refractivity (Wildman–Crippen MR) is 118 cm³/mol. The van der Waals surface area contributed by atoms with Gasteiger partial charge >= 0.3 is 0 Å². The zero-order chi connectivity index (χ0) is 21.0. The molecule has 0 bridgehead atoms. The number of anilines is 3. The van der Waals surface area contributed by atoms with Crippen LogP contribution in [0.1, 0.15) is 5.56 Å². The van der Waals surface area contributed by atoms with Crippen LogP contribution in [0.25, 0.3) is 0 Å². The molecule has 3 heterocycles. The number of halogens is 1. The highest BCUT2D eigenvalue weighted by Gasteiger charge is 2.20. The van der Waals surface area contributed by atoms with E-state index in [-0.39, 0.29) is 5.75 Å². The first kappa shape index (κ1) is 20.4. The highest BCUT2D eigenvalue weighted by atomic mass is 35.5. The summed E-state index contributed by atoms with van der Waals surface area (Å²) in [7, 11) is -3.60. The van der Waals surface area contributed by atoms with Gasteiger partial charge in [-0.15, -0.1) is 0 Å². The number of aromatic nitrogens is 3. The Bertz CT molecular complexity index is 1090. The standard InChI is InChI=1S/C20H21ClN6O2S/c21-17-5-3-4-16(12-17)15-30(28,29)25-18-13-23-20(24-14-18)27-10-8-26(9-11-27)19-6-1-2-7-22-19/h1-7,12-14,25H,8-11,15H2. The lowest BCUT2D eigenvalue weighted by molar-refractivity contribution is 0.600. The van der Waals surface area contributed by atoms with E-state index in [2.05, 4.69) is 29.5 Å². The lowest BCUT2D eigenvalue weighted by atomic mass is 10.2. The second-order valence-electron chi connectivity index (χ2n) is 6.92. The monoisotopic (exact) mass is 444 g/mol. The van der Waals surface area contributed by atoms with Gasteiger partial charge in [-0.25, -0.2) is 23.4 Å². The molecule has 0 aliphatic carbocycles. The maximum absolute atomic E-state index is 12.4. The fraction of sp³-hybridized carbons (Fsp3) is 0.250. The Morgan fingerprint density at radius 1 is 0.933 bits per heavy atom. The van der Waals surface area contributed by atoms with Gasteiger partial charge in [0.1, 0.15) is 5.82 Å². The van der Waals surface area contributed by atoms with Crippen LogP contribution in [0.2, 0.25) is 5.02 Å². The number of rotatable bonds is 6. The van der Waals surface area contributed by atoms with E-state index in [1.165, 1.54) is 12.4 Å². The quantitative estimate of drug-likeness (QED) is 0.625. The number of nitrogens with zero attached hydrogens (tertiary/aromatic N) is 5. The molecule has 8 nitrogen and oxygen atoms in total. The van der Waals surface area contributed by atoms with Crippen LogP contribution in [-0.2, 0) is 15.8 Å². The number of benzene rings is 1. The van der Waals surface area contributed by atoms with E-state index in [4.69, 9.17) is 11.6 Å². The normalized spacial score (nSPS) is 14.6. The topological polar surface area (TPSA) is 91.3 Å². The Balaban J connectivity index is 1.35. The molecule has 0 radical (unpaired) electrons. The van der Waals surface area contributed by atoms with Gasteiger partial charge in [0.15, 0.2) is 0 Å². The predicted octanol–water partition coefficient (Wildman–Crippen LogP) is 2.79. The van der Waals surface area contributed by atoms with Crippen molar-refractivity contribution in [3.63, 3.8) is 0 Å². The third-order valence-corrected chi connectivity index (χ3v) is 6.19. The molecule has 0 spiro atoms. The van der Waals surface area contributed by atoms with Crippen LogP contribution in [0.4, 0.5) is 17.5 Å². The van der Waals surface area contributed by atoms with Gasteiger partial charge in [0.05, 0.1) is 23.8 Å². The van der Waals surface area contributed by atoms with Crippen molar-refractivity contribution < 1.29 is 8.42 Å². The molecule has 3 aromatic rings. The molecule has 0 atom stereocenters. The molecule has 0 unspecified atom stereocenters. The summed E-state index contributed by atoms with van der Waals surface area (Å²) in [5.41, 5.74) is 0.936. The summed E-state index contributed by atoms with van der Waals surface area (Å²) in [6.07, 6.45) is 4.77. The minimum absolute atomic E-state index is 0.176. The first-order valence-electron chi connectivity index (χ1n) is 9.46. The van der Waals surface area contributed by atoms with Gasteiger partial charge < -0.3 is 9.80 Å². The molecule has 1 fully saturated rings. The first-order valence-corrected chi connectivity index (χ1v) is 11.5. The van der Waals surface area contributed by atoms with Gasteiger partial charge in [-0.3, -0.25) is 4.72 Å². The lowest BCUT2D eigenvalue weighted by Crippen LogP contribution is -2.47. The van der Waals surface area contributed by atoms with Crippen molar-refractivity contribution in [1.29, 1.82) is 0 Å². The van der Waals surface area contributed by atoms with Crippen LogP contribution < -0.4 is 14.5 Å². The molecular formula is C20H21ClN6O2S. The van der Waals surface area contributed by atoms with Gasteiger partial charge in [-0.05, 0) is 29.8 Å². The number of hydrogen-bond acceptors (Lipinski definition) is 7. The summed E-state index contributed by atoms with van der Waals surface area (Å²) in [4.78, 5) is 17.4. The van der Waals surface area contributed by atoms with Crippen molar-refractivity contribution in [1.82, 2.24) is 15.0 Å². The fourth-order valence-electron chi connectivity index (χ4n) is 3.28. The van der Waals surface area contributed by atoms with Crippen LogP contribution in [0.15, 0.2) is 61.1 Å². The second kappa shape index (κ2) is 8.85. The van der Waals surface area contributed by atoms with Crippen LogP contribution in [0.5, 0.6) is 0 Å². The lowest BCUT2D eigenvalue weighted by Gasteiger charge is -2.35. The average molecular weight is 445 g/mol. The molecule has 156 valence electrons. The van der Waals surface area contributed by atoms with Gasteiger partial charge in [-0.1, -0.05) is 29.8 Å². The van der Waals surface area contributed by atoms with Crippen molar-refractivity contribution in [3.8, 4) is 0 Å². The van der Waals surface area contributed by atoms with E-state index in [1.807, 2.05) is 18.2 Å². The fourth-order valence-corrected chi connectivity index (χ4v) is 4.64. The Morgan fingerprint density at radius 2 is 1.67 bits per heavy atom. The number of sulfonamides is 1. The van der Waals surface area contributed by atoms with Crippen molar-refractivity contribution >= 4 is 39.1 Å². The molecule has 4 rings (SSSR count). The van der Waals surface area contributed by atoms with Crippen molar-refractivity contribution in [2.24, 2.45) is 0 Å². The van der Waals surface area contributed by atoms with Gasteiger partial charge in [0, 0.05) is 37.4 Å². The average Bonchev–Trinajstić information content (AvgIpc) is 2.74. The molecule has 10 heteroatoms. The van der Waals surface area contributed by atoms with Crippen molar-refractivity contribution in [3.05, 3.63) is 71.6 Å². The summed E-state index contributed by atoms with van der Waals surface area (Å²) < 4.78 is 27.3. The molecule has 1 aliphatic rings. The number of nitrogens with one attached hydrogen (secondary N) is 1. The molecule has 2 aromatic heterocycles. The van der Waals surface area contributed by atoms with E-state index in [9.17, 15) is 8.42 Å². The molecular weight excluding hydrogens is 424 g/mol. The zero-order valence-corrected chi connectivity index (χ0v) is 17.7. The summed E-state index contributed by atoms with van der Waals surface area (Å²) in [6.45, 7) is 3.15. The van der Waals surface area contributed by atoms with Gasteiger partial charge in [-0.2, -0.15) is 0 Å². The van der Waals surface area contributed by atoms with Crippen LogP contribution in [-0.4, -0.2) is 49.5 Å². The maximum atomic E-state index is 12.4. The highest BCUT2D eigenvalue weighted by Crippen LogP contribution is 2.18. The molecule has 1 N–H and O–H groups in total. The summed E-state index contributed by atoms with van der Waals surface area (Å²) in [5, 5.41) is 0.499. The zero-order valence-electron chi connectivity index (χ0n) is 16.1. The largest absolute Gasteiger partial charge is 0.353 e. The third-order valence-electron chi connectivity index (χ3n) is 4.69. The van der Waals surface area contributed by atoms with E-state index < -0.39 is 10.0 Å². The Morgan fingerprint density at radius 3 is 2.33 bits per heavy atom. The first-order chi connectivity index (χ1) is 14.5.